The minimum atomic E-state index is -0.130. The second-order valence-electron chi connectivity index (χ2n) is 5.60. The van der Waals surface area contributed by atoms with Gasteiger partial charge in [-0.1, -0.05) is 30.3 Å². The number of aryl methyl sites for hydroxylation is 1. The number of rotatable bonds is 4. The summed E-state index contributed by atoms with van der Waals surface area (Å²) in [6.07, 6.45) is 3.44. The summed E-state index contributed by atoms with van der Waals surface area (Å²) in [5.41, 5.74) is 2.76. The first-order valence-corrected chi connectivity index (χ1v) is 8.67. The fourth-order valence-corrected chi connectivity index (χ4v) is 3.69. The Balaban J connectivity index is 1.80. The van der Waals surface area contributed by atoms with E-state index in [9.17, 15) is 4.79 Å². The number of pyridine rings is 1. The summed E-state index contributed by atoms with van der Waals surface area (Å²) in [5.74, 6) is 0.478. The molecule has 4 aromatic rings. The van der Waals surface area contributed by atoms with E-state index in [1.165, 1.54) is 16.0 Å². The van der Waals surface area contributed by atoms with Gasteiger partial charge in [0.1, 0.15) is 11.3 Å². The van der Waals surface area contributed by atoms with E-state index in [0.29, 0.717) is 17.9 Å². The molecule has 124 valence electrons. The van der Waals surface area contributed by atoms with Crippen LogP contribution < -0.4 is 10.3 Å². The van der Waals surface area contributed by atoms with Crippen molar-refractivity contribution in [3.63, 3.8) is 0 Å². The van der Waals surface area contributed by atoms with Gasteiger partial charge in [-0.3, -0.25) is 9.78 Å². The summed E-state index contributed by atoms with van der Waals surface area (Å²) in [7, 11) is 1.64. The van der Waals surface area contributed by atoms with Gasteiger partial charge < -0.3 is 4.74 Å². The number of benzene rings is 1. The van der Waals surface area contributed by atoms with E-state index in [4.69, 9.17) is 4.74 Å². The molecule has 6 heteroatoms. The van der Waals surface area contributed by atoms with E-state index in [-0.39, 0.29) is 5.56 Å². The zero-order valence-electron chi connectivity index (χ0n) is 13.5. The van der Waals surface area contributed by atoms with Crippen LogP contribution in [0.1, 0.15) is 5.56 Å². The second-order valence-corrected chi connectivity index (χ2v) is 6.48. The van der Waals surface area contributed by atoms with E-state index >= 15 is 0 Å². The molecule has 0 aliphatic rings. The van der Waals surface area contributed by atoms with Gasteiger partial charge in [-0.15, -0.1) is 16.4 Å². The molecule has 1 aromatic carbocycles. The largest absolute Gasteiger partial charge is 0.471 e. The fourth-order valence-electron chi connectivity index (χ4n) is 2.68. The molecule has 0 bridgehead atoms. The van der Waals surface area contributed by atoms with Gasteiger partial charge in [0.15, 0.2) is 0 Å². The molecule has 3 aromatic heterocycles. The quantitative estimate of drug-likeness (QED) is 0.564. The Hall–Kier alpha value is -2.99. The molecule has 0 fully saturated rings. The average molecular weight is 349 g/mol. The van der Waals surface area contributed by atoms with Crippen LogP contribution in [-0.4, -0.2) is 14.8 Å². The highest BCUT2D eigenvalue weighted by atomic mass is 32.1. The third kappa shape index (κ3) is 2.92. The minimum Gasteiger partial charge on any atom is -0.471 e. The summed E-state index contributed by atoms with van der Waals surface area (Å²) in [4.78, 5) is 16.7. The Morgan fingerprint density at radius 3 is 2.64 bits per heavy atom. The summed E-state index contributed by atoms with van der Waals surface area (Å²) in [5, 5.41) is 6.91. The van der Waals surface area contributed by atoms with Crippen molar-refractivity contribution in [3.05, 3.63) is 76.2 Å². The highest BCUT2D eigenvalue weighted by Crippen LogP contribution is 2.35. The van der Waals surface area contributed by atoms with E-state index in [1.54, 1.807) is 19.4 Å². The number of hydrogen-bond donors (Lipinski definition) is 0. The molecular formula is C19H15N3O2S. The lowest BCUT2D eigenvalue weighted by Gasteiger charge is -2.08. The molecule has 0 saturated heterocycles. The summed E-state index contributed by atoms with van der Waals surface area (Å²) >= 11 is 1.47. The number of nitrogens with zero attached hydrogens (tertiary/aromatic N) is 3. The van der Waals surface area contributed by atoms with Crippen LogP contribution in [0.25, 0.3) is 21.2 Å². The second kappa shape index (κ2) is 6.49. The third-order valence-electron chi connectivity index (χ3n) is 3.94. The maximum atomic E-state index is 12.6. The van der Waals surface area contributed by atoms with Gasteiger partial charge in [0.25, 0.3) is 5.56 Å². The topological polar surface area (TPSA) is 57.0 Å². The first-order chi connectivity index (χ1) is 12.2. The van der Waals surface area contributed by atoms with Crippen molar-refractivity contribution in [2.24, 2.45) is 7.05 Å². The molecule has 0 N–H and O–H groups in total. The number of hydrogen-bond acceptors (Lipinski definition) is 5. The van der Waals surface area contributed by atoms with Crippen LogP contribution in [0.15, 0.2) is 65.0 Å². The molecule has 4 rings (SSSR count). The number of thiophene rings is 1. The van der Waals surface area contributed by atoms with Crippen molar-refractivity contribution in [2.45, 2.75) is 6.61 Å². The minimum absolute atomic E-state index is 0.130. The van der Waals surface area contributed by atoms with Crippen molar-refractivity contribution < 1.29 is 4.74 Å². The summed E-state index contributed by atoms with van der Waals surface area (Å²) in [6, 6.07) is 13.7. The first kappa shape index (κ1) is 15.5. The Bertz CT molecular complexity index is 1070. The van der Waals surface area contributed by atoms with Gasteiger partial charge in [-0.25, -0.2) is 4.68 Å². The van der Waals surface area contributed by atoms with Crippen LogP contribution in [-0.2, 0) is 13.7 Å². The normalized spacial score (nSPS) is 10.9. The van der Waals surface area contributed by atoms with Crippen molar-refractivity contribution >= 4 is 21.4 Å². The molecule has 0 atom stereocenters. The van der Waals surface area contributed by atoms with E-state index in [1.807, 2.05) is 47.8 Å². The lowest BCUT2D eigenvalue weighted by atomic mass is 10.1. The van der Waals surface area contributed by atoms with Gasteiger partial charge in [0.05, 0.1) is 5.39 Å². The van der Waals surface area contributed by atoms with Crippen molar-refractivity contribution in [1.29, 1.82) is 0 Å². The van der Waals surface area contributed by atoms with Crippen LogP contribution >= 0.6 is 11.3 Å². The molecule has 0 aliphatic carbocycles. The molecule has 3 heterocycles. The number of fused-ring (bicyclic) bond motifs is 1. The lowest BCUT2D eigenvalue weighted by molar-refractivity contribution is 0.290. The number of ether oxygens (including phenoxy) is 1. The summed E-state index contributed by atoms with van der Waals surface area (Å²) < 4.78 is 8.02. The predicted octanol–water partition coefficient (Wildman–Crippen LogP) is 3.64. The van der Waals surface area contributed by atoms with E-state index in [2.05, 4.69) is 10.1 Å². The zero-order valence-corrected chi connectivity index (χ0v) is 14.4. The van der Waals surface area contributed by atoms with Gasteiger partial charge in [-0.05, 0) is 23.3 Å². The molecular weight excluding hydrogens is 334 g/mol. The summed E-state index contributed by atoms with van der Waals surface area (Å²) in [6.45, 7) is 0.406. The van der Waals surface area contributed by atoms with E-state index in [0.717, 1.165) is 21.4 Å². The average Bonchev–Trinajstić information content (AvgIpc) is 3.11. The van der Waals surface area contributed by atoms with Crippen molar-refractivity contribution in [1.82, 2.24) is 14.8 Å². The van der Waals surface area contributed by atoms with Crippen molar-refractivity contribution in [2.75, 3.05) is 0 Å². The lowest BCUT2D eigenvalue weighted by Crippen LogP contribution is -2.20. The van der Waals surface area contributed by atoms with Gasteiger partial charge in [0.2, 0.25) is 5.88 Å². The Morgan fingerprint density at radius 2 is 1.88 bits per heavy atom. The smallest absolute Gasteiger partial charge is 0.276 e. The molecule has 0 amide bonds. The van der Waals surface area contributed by atoms with Gasteiger partial charge in [-0.2, -0.15) is 0 Å². The standard InChI is InChI=1S/C19H15N3O2S/c1-22-19(23)16-15(14-7-9-20-10-8-14)12-25-17(16)18(21-22)24-11-13-5-3-2-4-6-13/h2-10,12H,11H2,1H3. The maximum Gasteiger partial charge on any atom is 0.276 e. The van der Waals surface area contributed by atoms with Crippen LogP contribution in [0.5, 0.6) is 5.88 Å². The SMILES string of the molecule is Cn1nc(OCc2ccccc2)c2scc(-c3ccncc3)c2c1=O. The Kier molecular flexibility index (Phi) is 4.03. The van der Waals surface area contributed by atoms with Crippen LogP contribution in [0.4, 0.5) is 0 Å². The zero-order chi connectivity index (χ0) is 17.2. The molecule has 5 nitrogen and oxygen atoms in total. The highest BCUT2D eigenvalue weighted by molar-refractivity contribution is 7.18. The number of aromatic nitrogens is 3. The third-order valence-corrected chi connectivity index (χ3v) is 4.91. The van der Waals surface area contributed by atoms with Crippen molar-refractivity contribution in [3.8, 4) is 17.0 Å². The van der Waals surface area contributed by atoms with Crippen LogP contribution in [0, 0.1) is 0 Å². The molecule has 0 unspecified atom stereocenters. The molecule has 0 aliphatic heterocycles. The van der Waals surface area contributed by atoms with Gasteiger partial charge in [0, 0.05) is 30.4 Å². The highest BCUT2D eigenvalue weighted by Gasteiger charge is 2.17. The van der Waals surface area contributed by atoms with E-state index < -0.39 is 0 Å². The molecule has 0 spiro atoms. The fraction of sp³-hybridized carbons (Fsp3) is 0.105. The Labute approximate surface area is 148 Å². The maximum absolute atomic E-state index is 12.6. The van der Waals surface area contributed by atoms with Crippen LogP contribution in [0.3, 0.4) is 0 Å². The monoisotopic (exact) mass is 349 g/mol. The molecule has 25 heavy (non-hydrogen) atoms. The first-order valence-electron chi connectivity index (χ1n) is 7.79. The van der Waals surface area contributed by atoms with Gasteiger partial charge >= 0.3 is 0 Å². The molecule has 0 radical (unpaired) electrons. The molecule has 0 saturated carbocycles. The predicted molar refractivity (Wildman–Crippen MR) is 98.9 cm³/mol. The van der Waals surface area contributed by atoms with Crippen LogP contribution in [0.2, 0.25) is 0 Å². The Morgan fingerprint density at radius 1 is 1.12 bits per heavy atom.